The van der Waals surface area contributed by atoms with Gasteiger partial charge in [0.05, 0.1) is 44.2 Å². The van der Waals surface area contributed by atoms with Crippen molar-refractivity contribution in [2.45, 2.75) is 38.6 Å². The Bertz CT molecular complexity index is 1070. The maximum atomic E-state index is 13.1. The molecule has 1 aliphatic heterocycles. The van der Waals surface area contributed by atoms with Gasteiger partial charge in [-0.2, -0.15) is 0 Å². The molecule has 2 rings (SSSR count). The van der Waals surface area contributed by atoms with Crippen molar-refractivity contribution < 1.29 is 33.4 Å². The van der Waals surface area contributed by atoms with Crippen molar-refractivity contribution in [3.05, 3.63) is 46.1 Å². The largest absolute Gasteiger partial charge is 0.468 e. The lowest BCUT2D eigenvalue weighted by Crippen LogP contribution is -2.38. The molecule has 5 N–H and O–H groups in total. The van der Waals surface area contributed by atoms with Crippen LogP contribution in [0.5, 0.6) is 0 Å². The number of benzene rings is 1. The molecule has 1 aliphatic rings. The van der Waals surface area contributed by atoms with E-state index in [1.54, 1.807) is 38.1 Å². The topological polar surface area (TPSA) is 172 Å². The van der Waals surface area contributed by atoms with Crippen LogP contribution < -0.4 is 16.8 Å². The third-order valence-corrected chi connectivity index (χ3v) is 6.11. The summed E-state index contributed by atoms with van der Waals surface area (Å²) in [5.74, 6) is -3.88. The van der Waals surface area contributed by atoms with Gasteiger partial charge in [0, 0.05) is 29.6 Å². The highest BCUT2D eigenvalue weighted by molar-refractivity contribution is 6.31. The van der Waals surface area contributed by atoms with Crippen LogP contribution in [-0.4, -0.2) is 69.0 Å². The van der Waals surface area contributed by atoms with Gasteiger partial charge in [-0.3, -0.25) is 19.4 Å². The smallest absolute Gasteiger partial charge is 0.336 e. The molecule has 202 valence electrons. The molecule has 0 spiro atoms. The Morgan fingerprint density at radius 3 is 2.54 bits per heavy atom. The van der Waals surface area contributed by atoms with E-state index < -0.39 is 35.7 Å². The number of halogens is 1. The van der Waals surface area contributed by atoms with E-state index in [0.29, 0.717) is 22.0 Å². The Morgan fingerprint density at radius 2 is 1.92 bits per heavy atom. The number of carbonyl (C=O) groups excluding carboxylic acids is 4. The summed E-state index contributed by atoms with van der Waals surface area (Å²) in [6.07, 6.45) is 0.177. The summed E-state index contributed by atoms with van der Waals surface area (Å²) in [6.45, 7) is 3.66. The number of nitrogens with two attached hydrogens (primary N) is 2. The summed E-state index contributed by atoms with van der Waals surface area (Å²) in [6, 6.07) is 6.02. The number of nitrogens with zero attached hydrogens (tertiary/aromatic N) is 1. The van der Waals surface area contributed by atoms with E-state index in [1.807, 2.05) is 0 Å². The summed E-state index contributed by atoms with van der Waals surface area (Å²) < 4.78 is 16.0. The molecule has 0 radical (unpaired) electrons. The van der Waals surface area contributed by atoms with E-state index in [0.717, 1.165) is 0 Å². The minimum Gasteiger partial charge on any atom is -0.468 e. The van der Waals surface area contributed by atoms with Crippen LogP contribution >= 0.6 is 11.6 Å². The molecule has 1 heterocycles. The lowest BCUT2D eigenvalue weighted by Gasteiger charge is -2.32. The monoisotopic (exact) mass is 536 g/mol. The highest BCUT2D eigenvalue weighted by Gasteiger charge is 2.43. The Labute approximate surface area is 220 Å². The summed E-state index contributed by atoms with van der Waals surface area (Å²) in [4.78, 5) is 53.3. The van der Waals surface area contributed by atoms with Gasteiger partial charge in [-0.15, -0.1) is 0 Å². The zero-order chi connectivity index (χ0) is 27.5. The second-order valence-corrected chi connectivity index (χ2v) is 8.69. The first-order chi connectivity index (χ1) is 17.6. The molecule has 12 heteroatoms. The number of methoxy groups -OCH3 is 1. The molecule has 2 amide bonds. The van der Waals surface area contributed by atoms with Gasteiger partial charge in [0.25, 0.3) is 0 Å². The molecule has 0 fully saturated rings. The maximum Gasteiger partial charge on any atom is 0.336 e. The Kier molecular flexibility index (Phi) is 11.7. The fraction of sp³-hybridized carbons (Fsp3) is 0.480. The van der Waals surface area contributed by atoms with Crippen molar-refractivity contribution in [2.24, 2.45) is 22.4 Å². The van der Waals surface area contributed by atoms with Crippen LogP contribution in [0.4, 0.5) is 0 Å². The van der Waals surface area contributed by atoms with Gasteiger partial charge in [0.2, 0.25) is 11.8 Å². The molecule has 1 aromatic rings. The number of primary amides is 1. The molecule has 0 aliphatic carbocycles. The van der Waals surface area contributed by atoms with Gasteiger partial charge >= 0.3 is 11.9 Å². The van der Waals surface area contributed by atoms with E-state index in [-0.39, 0.29) is 50.7 Å². The first kappa shape index (κ1) is 29.9. The zero-order valence-corrected chi connectivity index (χ0v) is 21.9. The summed E-state index contributed by atoms with van der Waals surface area (Å²) in [5, 5.41) is 3.03. The first-order valence-electron chi connectivity index (χ1n) is 11.8. The summed E-state index contributed by atoms with van der Waals surface area (Å²) >= 11 is 6.48. The molecule has 11 nitrogen and oxygen atoms in total. The van der Waals surface area contributed by atoms with Crippen LogP contribution in [0.15, 0.2) is 40.5 Å². The predicted octanol–water partition coefficient (Wildman–Crippen LogP) is 1.23. The minimum absolute atomic E-state index is 0.0419. The van der Waals surface area contributed by atoms with E-state index >= 15 is 0 Å². The normalized spacial score (nSPS) is 18.0. The van der Waals surface area contributed by atoms with Crippen molar-refractivity contribution in [3.8, 4) is 0 Å². The third-order valence-electron chi connectivity index (χ3n) is 5.76. The van der Waals surface area contributed by atoms with E-state index in [2.05, 4.69) is 10.3 Å². The van der Waals surface area contributed by atoms with Crippen LogP contribution in [0.25, 0.3) is 0 Å². The van der Waals surface area contributed by atoms with Crippen LogP contribution in [0.3, 0.4) is 0 Å². The Balaban J connectivity index is 2.23. The number of esters is 2. The van der Waals surface area contributed by atoms with Crippen molar-refractivity contribution >= 4 is 41.1 Å². The average Bonchev–Trinajstić information content (AvgIpc) is 2.86. The van der Waals surface area contributed by atoms with Crippen LogP contribution in [-0.2, 0) is 33.4 Å². The SMILES string of the molecule is CCOC(=O)C1=C(COCCNC(=O)CC[C@H](N)C(N)=O)N=C(C)C(C(=O)OC)C1c1ccccc1Cl. The standard InChI is InChI=1S/C25H33ClN4O7/c1-4-37-25(34)22-18(13-36-12-11-29-19(31)10-9-17(27)23(28)32)30-14(2)20(24(33)35-3)21(22)15-7-5-6-8-16(15)26/h5-8,17,20-21H,4,9-13,27H2,1-3H3,(H2,28,32)(H,29,31)/t17-,20?,21?/m0/s1. The maximum absolute atomic E-state index is 13.1. The van der Waals surface area contributed by atoms with Gasteiger partial charge in [0.1, 0.15) is 5.92 Å². The van der Waals surface area contributed by atoms with Gasteiger partial charge in [-0.05, 0) is 31.9 Å². The van der Waals surface area contributed by atoms with Gasteiger partial charge in [0.15, 0.2) is 0 Å². The summed E-state index contributed by atoms with van der Waals surface area (Å²) in [7, 11) is 1.27. The first-order valence-corrected chi connectivity index (χ1v) is 12.2. The summed E-state index contributed by atoms with van der Waals surface area (Å²) in [5.41, 5.74) is 12.0. The molecule has 0 saturated carbocycles. The molecule has 37 heavy (non-hydrogen) atoms. The van der Waals surface area contributed by atoms with Crippen LogP contribution in [0.2, 0.25) is 5.02 Å². The van der Waals surface area contributed by atoms with Crippen molar-refractivity contribution in [3.63, 3.8) is 0 Å². The van der Waals surface area contributed by atoms with Gasteiger partial charge < -0.3 is 31.0 Å². The molecule has 3 atom stereocenters. The van der Waals surface area contributed by atoms with Crippen LogP contribution in [0.1, 0.15) is 38.2 Å². The van der Waals surface area contributed by atoms with E-state index in [9.17, 15) is 19.2 Å². The number of nitrogens with one attached hydrogen (secondary N) is 1. The third kappa shape index (κ3) is 8.11. The number of hydrogen-bond donors (Lipinski definition) is 3. The zero-order valence-electron chi connectivity index (χ0n) is 21.1. The van der Waals surface area contributed by atoms with Crippen molar-refractivity contribution in [2.75, 3.05) is 33.5 Å². The molecule has 0 saturated heterocycles. The Hall–Kier alpha value is -3.28. The lowest BCUT2D eigenvalue weighted by molar-refractivity contribution is -0.144. The number of carbonyl (C=O) groups is 4. The van der Waals surface area contributed by atoms with Crippen LogP contribution in [0, 0.1) is 5.92 Å². The van der Waals surface area contributed by atoms with Crippen molar-refractivity contribution in [1.29, 1.82) is 0 Å². The fourth-order valence-electron chi connectivity index (χ4n) is 3.94. The minimum atomic E-state index is -0.890. The number of amides is 2. The molecule has 2 unspecified atom stereocenters. The second kappa shape index (κ2) is 14.5. The van der Waals surface area contributed by atoms with E-state index in [4.69, 9.17) is 37.3 Å². The quantitative estimate of drug-likeness (QED) is 0.249. The van der Waals surface area contributed by atoms with Gasteiger partial charge in [-0.1, -0.05) is 29.8 Å². The molecule has 1 aromatic carbocycles. The number of aliphatic imine (C=N–C) groups is 1. The van der Waals surface area contributed by atoms with E-state index in [1.165, 1.54) is 7.11 Å². The molecule has 0 bridgehead atoms. The fourth-order valence-corrected chi connectivity index (χ4v) is 4.19. The second-order valence-electron chi connectivity index (χ2n) is 8.28. The van der Waals surface area contributed by atoms with Gasteiger partial charge in [-0.25, -0.2) is 4.79 Å². The molecule has 0 aromatic heterocycles. The molecular formula is C25H33ClN4O7. The highest BCUT2D eigenvalue weighted by atomic mass is 35.5. The van der Waals surface area contributed by atoms with Crippen molar-refractivity contribution in [1.82, 2.24) is 5.32 Å². The Morgan fingerprint density at radius 1 is 1.22 bits per heavy atom. The number of rotatable bonds is 13. The number of hydrogen-bond acceptors (Lipinski definition) is 9. The lowest BCUT2D eigenvalue weighted by atomic mass is 9.75. The predicted molar refractivity (Wildman–Crippen MR) is 137 cm³/mol. The highest BCUT2D eigenvalue weighted by Crippen LogP contribution is 2.42. The molecular weight excluding hydrogens is 504 g/mol. The number of ether oxygens (including phenoxy) is 3. The average molecular weight is 537 g/mol.